The molecule has 0 saturated carbocycles. The number of ether oxygens (including phenoxy) is 1. The first-order valence-corrected chi connectivity index (χ1v) is 8.06. The lowest BCUT2D eigenvalue weighted by molar-refractivity contribution is -0.150. The maximum Gasteiger partial charge on any atom is 0.326 e. The van der Waals surface area contributed by atoms with Gasteiger partial charge in [0.1, 0.15) is 12.1 Å². The molecule has 0 bridgehead atoms. The van der Waals surface area contributed by atoms with E-state index >= 15 is 0 Å². The number of nitrogens with zero attached hydrogens (tertiary/aromatic N) is 1. The fraction of sp³-hybridized carbons (Fsp3) is 0.733. The number of primary amides is 1. The van der Waals surface area contributed by atoms with Gasteiger partial charge in [-0.2, -0.15) is 0 Å². The smallest absolute Gasteiger partial charge is 0.326 e. The maximum atomic E-state index is 12.8. The first kappa shape index (κ1) is 18.2. The van der Waals surface area contributed by atoms with Gasteiger partial charge in [0.2, 0.25) is 11.8 Å². The summed E-state index contributed by atoms with van der Waals surface area (Å²) in [4.78, 5) is 48.5. The van der Waals surface area contributed by atoms with Gasteiger partial charge < -0.3 is 25.8 Å². The molecule has 2 aliphatic heterocycles. The number of nitrogens with one attached hydrogen (secondary N) is 1. The van der Waals surface area contributed by atoms with Crippen molar-refractivity contribution in [2.75, 3.05) is 6.54 Å². The zero-order valence-corrected chi connectivity index (χ0v) is 13.7. The molecule has 2 rings (SSSR count). The lowest BCUT2D eigenvalue weighted by Gasteiger charge is -2.30. The van der Waals surface area contributed by atoms with Crippen LogP contribution in [0, 0.1) is 5.92 Å². The van der Waals surface area contributed by atoms with E-state index in [1.165, 1.54) is 4.90 Å². The normalized spacial score (nSPS) is 28.1. The summed E-state index contributed by atoms with van der Waals surface area (Å²) in [7, 11) is 0. The Labute approximate surface area is 139 Å². The van der Waals surface area contributed by atoms with Crippen LogP contribution < -0.4 is 11.1 Å². The molecule has 0 aromatic rings. The molecular weight excluding hydrogens is 318 g/mol. The molecule has 0 radical (unpaired) electrons. The maximum absolute atomic E-state index is 12.8. The fourth-order valence-electron chi connectivity index (χ4n) is 2.91. The molecule has 9 heteroatoms. The van der Waals surface area contributed by atoms with Gasteiger partial charge >= 0.3 is 5.97 Å². The fourth-order valence-corrected chi connectivity index (χ4v) is 2.91. The first-order chi connectivity index (χ1) is 11.3. The van der Waals surface area contributed by atoms with Gasteiger partial charge in [0.15, 0.2) is 12.2 Å². The molecular formula is C15H23N3O6. The minimum absolute atomic E-state index is 0.192. The molecule has 5 atom stereocenters. The van der Waals surface area contributed by atoms with Crippen molar-refractivity contribution in [2.24, 2.45) is 11.7 Å². The van der Waals surface area contributed by atoms with Crippen molar-refractivity contribution in [1.82, 2.24) is 10.2 Å². The summed E-state index contributed by atoms with van der Waals surface area (Å²) >= 11 is 0. The van der Waals surface area contributed by atoms with Crippen LogP contribution in [0.5, 0.6) is 0 Å². The molecule has 2 fully saturated rings. The minimum Gasteiger partial charge on any atom is -0.480 e. The Hall–Kier alpha value is -2.16. The average Bonchev–Trinajstić information content (AvgIpc) is 3.20. The number of likely N-dealkylation sites (tertiary alicyclic amines) is 1. The van der Waals surface area contributed by atoms with E-state index in [2.05, 4.69) is 5.32 Å². The van der Waals surface area contributed by atoms with Crippen molar-refractivity contribution in [2.45, 2.75) is 57.4 Å². The van der Waals surface area contributed by atoms with E-state index in [0.717, 1.165) is 0 Å². The highest BCUT2D eigenvalue weighted by Gasteiger charge is 2.50. The van der Waals surface area contributed by atoms with Crippen molar-refractivity contribution in [3.05, 3.63) is 0 Å². The second-order valence-corrected chi connectivity index (χ2v) is 6.28. The number of aliphatic carboxylic acids is 1. The molecule has 4 N–H and O–H groups in total. The van der Waals surface area contributed by atoms with Gasteiger partial charge in [-0.15, -0.1) is 0 Å². The highest BCUT2D eigenvalue weighted by atomic mass is 16.6. The molecule has 134 valence electrons. The summed E-state index contributed by atoms with van der Waals surface area (Å²) in [6.07, 6.45) is -0.309. The molecule has 9 nitrogen and oxygen atoms in total. The van der Waals surface area contributed by atoms with Gasteiger partial charge in [-0.3, -0.25) is 14.4 Å². The van der Waals surface area contributed by atoms with Crippen molar-refractivity contribution in [3.63, 3.8) is 0 Å². The van der Waals surface area contributed by atoms with E-state index in [4.69, 9.17) is 10.5 Å². The largest absolute Gasteiger partial charge is 0.480 e. The third-order valence-electron chi connectivity index (χ3n) is 4.63. The third kappa shape index (κ3) is 3.66. The Kier molecular flexibility index (Phi) is 5.43. The highest BCUT2D eigenvalue weighted by molar-refractivity contribution is 5.97. The van der Waals surface area contributed by atoms with Crippen molar-refractivity contribution in [3.8, 4) is 0 Å². The van der Waals surface area contributed by atoms with E-state index in [0.29, 0.717) is 25.8 Å². The summed E-state index contributed by atoms with van der Waals surface area (Å²) in [5.41, 5.74) is 5.07. The third-order valence-corrected chi connectivity index (χ3v) is 4.63. The molecule has 2 aliphatic rings. The Morgan fingerprint density at radius 1 is 1.33 bits per heavy atom. The van der Waals surface area contributed by atoms with Crippen molar-refractivity contribution >= 4 is 23.7 Å². The van der Waals surface area contributed by atoms with Crippen LogP contribution in [0.25, 0.3) is 0 Å². The van der Waals surface area contributed by atoms with Gasteiger partial charge in [0.25, 0.3) is 5.91 Å². The lowest BCUT2D eigenvalue weighted by atomic mass is 9.97. The number of carboxylic acid groups (broad SMARTS) is 1. The summed E-state index contributed by atoms with van der Waals surface area (Å²) in [5, 5.41) is 11.8. The standard InChI is InChI=1S/C15H23N3O6/c1-3-7(2)9(17-13(20)11-10(24-11)12(16)19)14(21)18-6-4-5-8(18)15(22)23/h7-11H,3-6H2,1-2H3,(H2,16,19)(H,17,20)(H,22,23). The Morgan fingerprint density at radius 2 is 2.00 bits per heavy atom. The monoisotopic (exact) mass is 341 g/mol. The number of epoxide rings is 1. The Bertz CT molecular complexity index is 551. The number of hydrogen-bond donors (Lipinski definition) is 3. The number of amides is 3. The van der Waals surface area contributed by atoms with Crippen LogP contribution in [0.2, 0.25) is 0 Å². The molecule has 5 unspecified atom stereocenters. The van der Waals surface area contributed by atoms with Crippen LogP contribution in [0.15, 0.2) is 0 Å². The number of carbonyl (C=O) groups excluding carboxylic acids is 3. The Balaban J connectivity index is 2.08. The summed E-state index contributed by atoms with van der Waals surface area (Å²) in [6.45, 7) is 4.02. The van der Waals surface area contributed by atoms with E-state index in [1.807, 2.05) is 6.92 Å². The van der Waals surface area contributed by atoms with E-state index in [1.54, 1.807) is 6.92 Å². The van der Waals surface area contributed by atoms with Crippen LogP contribution in [-0.4, -0.2) is 64.5 Å². The van der Waals surface area contributed by atoms with E-state index in [-0.39, 0.29) is 5.92 Å². The minimum atomic E-state index is -1.05. The van der Waals surface area contributed by atoms with Gasteiger partial charge in [0.05, 0.1) is 0 Å². The van der Waals surface area contributed by atoms with Crippen molar-refractivity contribution in [1.29, 1.82) is 0 Å². The second-order valence-electron chi connectivity index (χ2n) is 6.28. The number of rotatable bonds is 7. The zero-order valence-electron chi connectivity index (χ0n) is 13.7. The molecule has 24 heavy (non-hydrogen) atoms. The lowest BCUT2D eigenvalue weighted by Crippen LogP contribution is -2.55. The van der Waals surface area contributed by atoms with Crippen LogP contribution in [0.4, 0.5) is 0 Å². The number of carbonyl (C=O) groups is 4. The quantitative estimate of drug-likeness (QED) is 0.499. The SMILES string of the molecule is CCC(C)C(NC(=O)C1OC1C(N)=O)C(=O)N1CCCC1C(=O)O. The van der Waals surface area contributed by atoms with Gasteiger partial charge in [-0.25, -0.2) is 4.79 Å². The summed E-state index contributed by atoms with van der Waals surface area (Å²) in [5.74, 6) is -2.97. The summed E-state index contributed by atoms with van der Waals surface area (Å²) < 4.78 is 4.91. The van der Waals surface area contributed by atoms with Crippen LogP contribution in [-0.2, 0) is 23.9 Å². The second kappa shape index (κ2) is 7.16. The predicted molar refractivity (Wildman–Crippen MR) is 81.6 cm³/mol. The molecule has 2 heterocycles. The first-order valence-electron chi connectivity index (χ1n) is 8.06. The number of hydrogen-bond acceptors (Lipinski definition) is 5. The Morgan fingerprint density at radius 3 is 2.50 bits per heavy atom. The van der Waals surface area contributed by atoms with E-state index in [9.17, 15) is 24.3 Å². The molecule has 3 amide bonds. The van der Waals surface area contributed by atoms with Crippen LogP contribution >= 0.6 is 0 Å². The predicted octanol–water partition coefficient (Wildman–Crippen LogP) is -1.15. The van der Waals surface area contributed by atoms with Crippen LogP contribution in [0.1, 0.15) is 33.1 Å². The number of nitrogens with two attached hydrogens (primary N) is 1. The topological polar surface area (TPSA) is 142 Å². The molecule has 0 aliphatic carbocycles. The van der Waals surface area contributed by atoms with E-state index < -0.39 is 48.0 Å². The van der Waals surface area contributed by atoms with Gasteiger partial charge in [0, 0.05) is 6.54 Å². The van der Waals surface area contributed by atoms with Gasteiger partial charge in [-0.05, 0) is 18.8 Å². The molecule has 0 aromatic heterocycles. The zero-order chi connectivity index (χ0) is 18.0. The number of carboxylic acids is 1. The van der Waals surface area contributed by atoms with Gasteiger partial charge in [-0.1, -0.05) is 20.3 Å². The average molecular weight is 341 g/mol. The van der Waals surface area contributed by atoms with Crippen LogP contribution in [0.3, 0.4) is 0 Å². The highest BCUT2D eigenvalue weighted by Crippen LogP contribution is 2.24. The summed E-state index contributed by atoms with van der Waals surface area (Å²) in [6, 6.07) is -1.73. The molecule has 0 spiro atoms. The molecule has 0 aromatic carbocycles. The molecule has 2 saturated heterocycles. The van der Waals surface area contributed by atoms with Crippen molar-refractivity contribution < 1.29 is 29.0 Å².